The third-order valence-corrected chi connectivity index (χ3v) is 8.95. The zero-order valence-electron chi connectivity index (χ0n) is 22.4. The van der Waals surface area contributed by atoms with Crippen molar-refractivity contribution in [2.24, 2.45) is 0 Å². The number of rotatable bonds is 7. The van der Waals surface area contributed by atoms with Gasteiger partial charge >= 0.3 is 0 Å². The van der Waals surface area contributed by atoms with Crippen molar-refractivity contribution in [3.8, 4) is 0 Å². The summed E-state index contributed by atoms with van der Waals surface area (Å²) >= 11 is 0. The van der Waals surface area contributed by atoms with E-state index in [1.807, 2.05) is 97.1 Å². The maximum Gasteiger partial charge on any atom is 0.198 e. The first kappa shape index (κ1) is 26.4. The lowest BCUT2D eigenvalue weighted by atomic mass is 9.78. The fraction of sp³-hybridized carbons (Fsp3) is 0.111. The van der Waals surface area contributed by atoms with E-state index in [-0.39, 0.29) is 17.0 Å². The molecule has 0 unspecified atom stereocenters. The summed E-state index contributed by atoms with van der Waals surface area (Å²) in [5.41, 5.74) is 2.62. The van der Waals surface area contributed by atoms with Gasteiger partial charge in [-0.15, -0.1) is 0 Å². The largest absolute Gasteiger partial charge is 0.289 e. The van der Waals surface area contributed by atoms with Crippen molar-refractivity contribution in [3.05, 3.63) is 161 Å². The molecule has 0 heterocycles. The minimum atomic E-state index is -0.612. The van der Waals surface area contributed by atoms with E-state index in [0.717, 1.165) is 20.2 Å². The molecule has 5 aromatic carbocycles. The number of hydrogen-bond donors (Lipinski definition) is 0. The van der Waals surface area contributed by atoms with E-state index in [2.05, 4.69) is 57.2 Å². The smallest absolute Gasteiger partial charge is 0.198 e. The molecule has 5 rings (SSSR count). The highest BCUT2D eigenvalue weighted by molar-refractivity contribution is 7.97. The Labute approximate surface area is 233 Å². The Bertz CT molecular complexity index is 1550. The van der Waals surface area contributed by atoms with Crippen LogP contribution in [0.4, 0.5) is 0 Å². The molecule has 0 saturated heterocycles. The summed E-state index contributed by atoms with van der Waals surface area (Å²) in [5, 5.41) is 0. The first-order valence-corrected chi connectivity index (χ1v) is 14.3. The molecule has 0 saturated carbocycles. The van der Waals surface area contributed by atoms with Crippen LogP contribution in [0.1, 0.15) is 58.2 Å². The summed E-state index contributed by atoms with van der Waals surface area (Å²) < 4.78 is 0. The van der Waals surface area contributed by atoms with E-state index in [0.29, 0.717) is 22.3 Å². The fourth-order valence-electron chi connectivity index (χ4n) is 4.81. The Balaban J connectivity index is 1.89. The van der Waals surface area contributed by atoms with Crippen molar-refractivity contribution in [3.63, 3.8) is 0 Å². The molecule has 0 spiro atoms. The molecule has 0 aromatic heterocycles. The highest BCUT2D eigenvalue weighted by Gasteiger charge is 2.39. The monoisotopic (exact) mass is 527 g/mol. The van der Waals surface area contributed by atoms with Crippen LogP contribution in [0.25, 0.3) is 0 Å². The summed E-state index contributed by atoms with van der Waals surface area (Å²) in [6.07, 6.45) is 0. The molecule has 0 aliphatic carbocycles. The van der Waals surface area contributed by atoms with E-state index in [1.165, 1.54) is 0 Å². The summed E-state index contributed by atoms with van der Waals surface area (Å²) in [4.78, 5) is 31.9. The molecule has 0 radical (unpaired) electrons. The number of benzene rings is 5. The van der Waals surface area contributed by atoms with Gasteiger partial charge in [-0.05, 0) is 41.3 Å². The lowest BCUT2D eigenvalue weighted by molar-refractivity contribution is 0.0999. The van der Waals surface area contributed by atoms with Gasteiger partial charge in [0.05, 0.1) is 5.56 Å². The third-order valence-electron chi connectivity index (χ3n) is 6.68. The quantitative estimate of drug-likeness (QED) is 0.157. The molecule has 3 heteroatoms. The second-order valence-electron chi connectivity index (χ2n) is 10.4. The van der Waals surface area contributed by atoms with Crippen LogP contribution < -0.4 is 0 Å². The van der Waals surface area contributed by atoms with E-state index in [4.69, 9.17) is 0 Å². The van der Waals surface area contributed by atoms with Crippen molar-refractivity contribution in [1.82, 2.24) is 0 Å². The van der Waals surface area contributed by atoms with E-state index in [9.17, 15) is 9.59 Å². The first-order valence-electron chi connectivity index (χ1n) is 13.1. The van der Waals surface area contributed by atoms with Crippen LogP contribution in [0.3, 0.4) is 0 Å². The molecule has 39 heavy (non-hydrogen) atoms. The second kappa shape index (κ2) is 11.3. The molecule has 192 valence electrons. The van der Waals surface area contributed by atoms with E-state index < -0.39 is 10.9 Å². The molecule has 0 bridgehead atoms. The van der Waals surface area contributed by atoms with Crippen LogP contribution in [0.2, 0.25) is 0 Å². The molecule has 0 amide bonds. The minimum Gasteiger partial charge on any atom is -0.289 e. The lowest BCUT2D eigenvalue weighted by Crippen LogP contribution is -2.24. The molecule has 0 atom stereocenters. The van der Waals surface area contributed by atoms with Crippen LogP contribution in [-0.2, 0) is 16.3 Å². The van der Waals surface area contributed by atoms with Gasteiger partial charge in [0, 0.05) is 16.7 Å². The van der Waals surface area contributed by atoms with Gasteiger partial charge in [-0.25, -0.2) is 0 Å². The van der Waals surface area contributed by atoms with Crippen molar-refractivity contribution >= 4 is 22.5 Å². The Kier molecular flexibility index (Phi) is 7.63. The van der Waals surface area contributed by atoms with E-state index >= 15 is 0 Å². The van der Waals surface area contributed by atoms with Crippen LogP contribution in [0, 0.1) is 0 Å². The Morgan fingerprint density at radius 3 is 1.28 bits per heavy atom. The van der Waals surface area contributed by atoms with E-state index in [1.54, 1.807) is 0 Å². The number of hydrogen-bond acceptors (Lipinski definition) is 2. The van der Waals surface area contributed by atoms with Crippen molar-refractivity contribution < 1.29 is 9.59 Å². The minimum absolute atomic E-state index is 0.133. The maximum absolute atomic E-state index is 14.5. The topological polar surface area (TPSA) is 34.1 Å². The van der Waals surface area contributed by atoms with Gasteiger partial charge in [0.1, 0.15) is 10.9 Å². The SMILES string of the molecule is CC(C)(C)c1ccc([S+](c2ccccc2)c2ccccc2)c(C(=O)c2ccccc2)c1C(=O)c1ccccc1. The van der Waals surface area contributed by atoms with Crippen LogP contribution >= 0.6 is 0 Å². The number of ketones is 2. The molecule has 0 aliphatic rings. The average Bonchev–Trinajstić information content (AvgIpc) is 2.98. The van der Waals surface area contributed by atoms with Crippen molar-refractivity contribution in [2.75, 3.05) is 0 Å². The molecule has 2 nitrogen and oxygen atoms in total. The van der Waals surface area contributed by atoms with Crippen molar-refractivity contribution in [2.45, 2.75) is 40.9 Å². The second-order valence-corrected chi connectivity index (χ2v) is 12.4. The Hall–Kier alpha value is -4.21. The lowest BCUT2D eigenvalue weighted by Gasteiger charge is -2.25. The van der Waals surface area contributed by atoms with Crippen LogP contribution in [-0.4, -0.2) is 11.6 Å². The van der Waals surface area contributed by atoms with Gasteiger partial charge in [-0.3, -0.25) is 9.59 Å². The summed E-state index contributed by atoms with van der Waals surface area (Å²) in [6.45, 7) is 6.28. The van der Waals surface area contributed by atoms with Gasteiger partial charge in [-0.1, -0.05) is 124 Å². The normalized spacial score (nSPS) is 11.4. The highest BCUT2D eigenvalue weighted by atomic mass is 32.2. The molecule has 5 aromatic rings. The van der Waals surface area contributed by atoms with Gasteiger partial charge in [0.15, 0.2) is 26.3 Å². The molecular weight excluding hydrogens is 496 g/mol. The number of carbonyl (C=O) groups is 2. The summed E-state index contributed by atoms with van der Waals surface area (Å²) in [6, 6.07) is 43.2. The van der Waals surface area contributed by atoms with Crippen LogP contribution in [0.5, 0.6) is 0 Å². The Morgan fingerprint density at radius 1 is 0.487 bits per heavy atom. The van der Waals surface area contributed by atoms with Gasteiger partial charge < -0.3 is 0 Å². The summed E-state index contributed by atoms with van der Waals surface area (Å²) in [7, 11) is -0.612. The Morgan fingerprint density at radius 2 is 0.872 bits per heavy atom. The van der Waals surface area contributed by atoms with Crippen molar-refractivity contribution in [1.29, 1.82) is 0 Å². The van der Waals surface area contributed by atoms with Gasteiger partial charge in [0.25, 0.3) is 0 Å². The first-order chi connectivity index (χ1) is 18.9. The summed E-state index contributed by atoms with van der Waals surface area (Å²) in [5.74, 6) is -0.272. The predicted molar refractivity (Wildman–Crippen MR) is 160 cm³/mol. The molecular formula is C36H31O2S+. The third kappa shape index (κ3) is 5.50. The highest BCUT2D eigenvalue weighted by Crippen LogP contribution is 2.40. The average molecular weight is 528 g/mol. The molecule has 0 fully saturated rings. The van der Waals surface area contributed by atoms with Gasteiger partial charge in [-0.2, -0.15) is 0 Å². The molecule has 0 N–H and O–H groups in total. The predicted octanol–water partition coefficient (Wildman–Crippen LogP) is 8.54. The maximum atomic E-state index is 14.5. The number of carbonyl (C=O) groups excluding carboxylic acids is 2. The molecule has 0 aliphatic heterocycles. The fourth-order valence-corrected chi connectivity index (χ4v) is 7.05. The van der Waals surface area contributed by atoms with Crippen LogP contribution in [0.15, 0.2) is 148 Å². The zero-order valence-corrected chi connectivity index (χ0v) is 23.2. The standard InChI is InChI=1S/C36H31O2S/c1-36(2,3)30-24-25-31(39(28-20-12-6-13-21-28)29-22-14-7-15-23-29)33(35(38)27-18-10-5-11-19-27)32(30)34(37)26-16-8-4-9-17-26/h4-25H,1-3H3/q+1. The van der Waals surface area contributed by atoms with Gasteiger partial charge in [0.2, 0.25) is 0 Å². The zero-order chi connectivity index (χ0) is 27.4.